The van der Waals surface area contributed by atoms with Crippen molar-refractivity contribution in [1.29, 1.82) is 0 Å². The molecule has 10 heteroatoms. The van der Waals surface area contributed by atoms with Gasteiger partial charge in [0.2, 0.25) is 0 Å². The summed E-state index contributed by atoms with van der Waals surface area (Å²) in [6.07, 6.45) is 1.29. The molecule has 1 aliphatic heterocycles. The van der Waals surface area contributed by atoms with Crippen molar-refractivity contribution in [3.8, 4) is 11.5 Å². The highest BCUT2D eigenvalue weighted by Crippen LogP contribution is 2.38. The normalized spacial score (nSPS) is 14.8. The number of ether oxygens (including phenoxy) is 2. The maximum atomic E-state index is 13.5. The fourth-order valence-electron chi connectivity index (χ4n) is 3.61. The maximum Gasteiger partial charge on any atom is 0.335 e. The second kappa shape index (κ2) is 10.4. The summed E-state index contributed by atoms with van der Waals surface area (Å²) in [6.45, 7) is 1.74. The molecule has 0 unspecified atom stereocenters. The number of carbonyl (C=O) groups is 3. The van der Waals surface area contributed by atoms with Gasteiger partial charge in [-0.05, 0) is 66.1 Å². The Hall–Kier alpha value is -3.88. The van der Waals surface area contributed by atoms with E-state index in [1.54, 1.807) is 31.2 Å². The molecule has 4 rings (SSSR count). The van der Waals surface area contributed by atoms with Gasteiger partial charge in [0.25, 0.3) is 11.8 Å². The lowest BCUT2D eigenvalue weighted by molar-refractivity contribution is -0.122. The number of amides is 4. The van der Waals surface area contributed by atoms with Gasteiger partial charge < -0.3 is 9.47 Å². The Bertz CT molecular complexity index is 1420. The lowest BCUT2D eigenvalue weighted by Crippen LogP contribution is -2.54. The first kappa shape index (κ1) is 25.2. The van der Waals surface area contributed by atoms with Gasteiger partial charge in [0.15, 0.2) is 11.5 Å². The van der Waals surface area contributed by atoms with Gasteiger partial charge in [0.05, 0.1) is 17.8 Å². The third-order valence-electron chi connectivity index (χ3n) is 5.35. The van der Waals surface area contributed by atoms with Crippen molar-refractivity contribution in [2.24, 2.45) is 0 Å². The van der Waals surface area contributed by atoms with E-state index in [1.165, 1.54) is 43.5 Å². The van der Waals surface area contributed by atoms with Gasteiger partial charge in [-0.25, -0.2) is 14.1 Å². The quantitative estimate of drug-likeness (QED) is 0.328. The molecule has 1 aliphatic rings. The predicted molar refractivity (Wildman–Crippen MR) is 134 cm³/mol. The number of urea groups is 1. The summed E-state index contributed by atoms with van der Waals surface area (Å²) in [5.41, 5.74) is 1.51. The number of rotatable bonds is 6. The number of nitrogens with one attached hydrogen (secondary N) is 1. The number of benzene rings is 3. The number of imide groups is 2. The van der Waals surface area contributed by atoms with Gasteiger partial charge in [0, 0.05) is 5.02 Å². The highest BCUT2D eigenvalue weighted by Gasteiger charge is 2.37. The average Bonchev–Trinajstić information content (AvgIpc) is 2.83. The van der Waals surface area contributed by atoms with Crippen LogP contribution in [0.5, 0.6) is 11.5 Å². The van der Waals surface area contributed by atoms with Crippen molar-refractivity contribution >= 4 is 52.8 Å². The minimum Gasteiger partial charge on any atom is -0.493 e. The number of anilines is 1. The monoisotopic (exact) mass is 528 g/mol. The smallest absolute Gasteiger partial charge is 0.335 e. The minimum absolute atomic E-state index is 0.0330. The zero-order valence-electron chi connectivity index (χ0n) is 19.1. The first-order chi connectivity index (χ1) is 17.2. The number of methoxy groups -OCH3 is 1. The van der Waals surface area contributed by atoms with Crippen molar-refractivity contribution in [3.05, 3.63) is 92.7 Å². The molecule has 0 aliphatic carbocycles. The van der Waals surface area contributed by atoms with E-state index in [0.717, 1.165) is 4.90 Å². The Morgan fingerprint density at radius 2 is 1.83 bits per heavy atom. The number of hydrogen-bond acceptors (Lipinski definition) is 5. The van der Waals surface area contributed by atoms with Crippen molar-refractivity contribution in [2.45, 2.75) is 13.5 Å². The zero-order valence-corrected chi connectivity index (χ0v) is 20.6. The Balaban J connectivity index is 1.66. The Morgan fingerprint density at radius 1 is 1.06 bits per heavy atom. The minimum atomic E-state index is -0.885. The molecule has 1 saturated heterocycles. The number of aryl methyl sites for hydroxylation is 1. The summed E-state index contributed by atoms with van der Waals surface area (Å²) < 4.78 is 24.6. The molecule has 7 nitrogen and oxygen atoms in total. The highest BCUT2D eigenvalue weighted by molar-refractivity contribution is 6.40. The molecule has 0 atom stereocenters. The lowest BCUT2D eigenvalue weighted by Gasteiger charge is -2.27. The summed E-state index contributed by atoms with van der Waals surface area (Å²) in [7, 11) is 1.40. The fraction of sp³-hybridized carbons (Fsp3) is 0.115. The maximum absolute atomic E-state index is 13.5. The van der Waals surface area contributed by atoms with Gasteiger partial charge in [-0.1, -0.05) is 41.4 Å². The summed E-state index contributed by atoms with van der Waals surface area (Å²) >= 11 is 12.5. The second-order valence-electron chi connectivity index (χ2n) is 7.84. The molecular weight excluding hydrogens is 510 g/mol. The van der Waals surface area contributed by atoms with E-state index in [1.807, 2.05) is 0 Å². The molecule has 184 valence electrons. The van der Waals surface area contributed by atoms with E-state index in [2.05, 4.69) is 5.32 Å². The van der Waals surface area contributed by atoms with E-state index in [9.17, 15) is 18.8 Å². The van der Waals surface area contributed by atoms with Crippen LogP contribution in [0.4, 0.5) is 14.9 Å². The highest BCUT2D eigenvalue weighted by atomic mass is 35.5. The first-order valence-electron chi connectivity index (χ1n) is 10.6. The summed E-state index contributed by atoms with van der Waals surface area (Å²) in [5, 5.41) is 2.63. The largest absolute Gasteiger partial charge is 0.493 e. The van der Waals surface area contributed by atoms with E-state index in [4.69, 9.17) is 32.7 Å². The molecule has 36 heavy (non-hydrogen) atoms. The van der Waals surface area contributed by atoms with E-state index < -0.39 is 23.7 Å². The molecule has 1 fully saturated rings. The second-order valence-corrected chi connectivity index (χ2v) is 8.69. The number of nitrogens with zero attached hydrogens (tertiary/aromatic N) is 1. The van der Waals surface area contributed by atoms with E-state index >= 15 is 0 Å². The lowest BCUT2D eigenvalue weighted by atomic mass is 10.1. The number of carbonyl (C=O) groups excluding carboxylic acids is 3. The van der Waals surface area contributed by atoms with E-state index in [-0.39, 0.29) is 34.4 Å². The zero-order chi connectivity index (χ0) is 26.0. The Morgan fingerprint density at radius 3 is 2.56 bits per heavy atom. The topological polar surface area (TPSA) is 84.9 Å². The Kier molecular flexibility index (Phi) is 7.28. The van der Waals surface area contributed by atoms with Gasteiger partial charge in [-0.3, -0.25) is 14.9 Å². The molecule has 1 heterocycles. The predicted octanol–water partition coefficient (Wildman–Crippen LogP) is 5.69. The van der Waals surface area contributed by atoms with Crippen LogP contribution in [0, 0.1) is 12.7 Å². The number of hydrogen-bond donors (Lipinski definition) is 1. The molecule has 0 aromatic heterocycles. The fourth-order valence-corrected chi connectivity index (χ4v) is 4.05. The Labute approximate surface area is 216 Å². The van der Waals surface area contributed by atoms with E-state index in [0.29, 0.717) is 21.7 Å². The standard InChI is InChI=1S/C26H19Cl2FN2O5/c1-14-6-7-17(27)12-21(14)31-25(33)19(24(32)30-26(31)34)9-16-10-20(28)23(22(11-16)35-2)36-13-15-4-3-5-18(29)8-15/h3-12H,13H2,1-2H3,(H,30,32,34)/b19-9+. The molecule has 3 aromatic rings. The molecule has 0 saturated carbocycles. The molecular formula is C26H19Cl2FN2O5. The van der Waals surface area contributed by atoms with Gasteiger partial charge in [-0.2, -0.15) is 0 Å². The van der Waals surface area contributed by atoms with Crippen LogP contribution in [-0.4, -0.2) is 25.0 Å². The molecule has 0 bridgehead atoms. The third kappa shape index (κ3) is 5.19. The van der Waals surface area contributed by atoms with Crippen LogP contribution in [0.2, 0.25) is 10.0 Å². The molecule has 0 radical (unpaired) electrons. The molecule has 0 spiro atoms. The van der Waals surface area contributed by atoms with Gasteiger partial charge in [0.1, 0.15) is 18.0 Å². The third-order valence-corrected chi connectivity index (χ3v) is 5.86. The van der Waals surface area contributed by atoms with Crippen molar-refractivity contribution in [2.75, 3.05) is 12.0 Å². The van der Waals surface area contributed by atoms with Crippen LogP contribution in [0.3, 0.4) is 0 Å². The summed E-state index contributed by atoms with van der Waals surface area (Å²) in [5.74, 6) is -1.64. The van der Waals surface area contributed by atoms with Crippen LogP contribution < -0.4 is 19.7 Å². The van der Waals surface area contributed by atoms with Crippen molar-refractivity contribution in [3.63, 3.8) is 0 Å². The van der Waals surface area contributed by atoms with Crippen molar-refractivity contribution in [1.82, 2.24) is 5.32 Å². The molecule has 3 aromatic carbocycles. The van der Waals surface area contributed by atoms with Crippen LogP contribution >= 0.6 is 23.2 Å². The summed E-state index contributed by atoms with van der Waals surface area (Å²) in [4.78, 5) is 39.1. The molecule has 4 amide bonds. The average molecular weight is 529 g/mol. The van der Waals surface area contributed by atoms with Gasteiger partial charge in [-0.15, -0.1) is 0 Å². The van der Waals surface area contributed by atoms with Gasteiger partial charge >= 0.3 is 6.03 Å². The van der Waals surface area contributed by atoms with Crippen LogP contribution in [0.1, 0.15) is 16.7 Å². The first-order valence-corrected chi connectivity index (χ1v) is 11.4. The van der Waals surface area contributed by atoms with Crippen LogP contribution in [0.25, 0.3) is 6.08 Å². The van der Waals surface area contributed by atoms with Crippen molar-refractivity contribution < 1.29 is 28.2 Å². The molecule has 1 N–H and O–H groups in total. The number of barbiturate groups is 1. The van der Waals surface area contributed by atoms with Crippen LogP contribution in [-0.2, 0) is 16.2 Å². The SMILES string of the molecule is COc1cc(/C=C2\C(=O)NC(=O)N(c3cc(Cl)ccc3C)C2=O)cc(Cl)c1OCc1cccc(F)c1. The number of halogens is 3. The van der Waals surface area contributed by atoms with Crippen LogP contribution in [0.15, 0.2) is 60.2 Å². The summed E-state index contributed by atoms with van der Waals surface area (Å²) in [6, 6.07) is 12.8.